The molecule has 2 aromatic rings. The number of aromatic nitrogens is 1. The van der Waals surface area contributed by atoms with Gasteiger partial charge in [0.15, 0.2) is 0 Å². The highest BCUT2D eigenvalue weighted by molar-refractivity contribution is 6.39. The molecular formula is C17H21N3O5. The summed E-state index contributed by atoms with van der Waals surface area (Å²) in [7, 11) is 2.99. The SMILES string of the molecule is COc1ccc(NC(=O)C(=O)NCCc2c(C)noc2C)c(OC)c1. The molecule has 0 aliphatic carbocycles. The lowest BCUT2D eigenvalue weighted by Gasteiger charge is -2.11. The van der Waals surface area contributed by atoms with Crippen LogP contribution >= 0.6 is 0 Å². The van der Waals surface area contributed by atoms with Gasteiger partial charge < -0.3 is 24.6 Å². The molecule has 1 heterocycles. The number of ether oxygens (including phenoxy) is 2. The average Bonchev–Trinajstić information content (AvgIpc) is 2.93. The summed E-state index contributed by atoms with van der Waals surface area (Å²) < 4.78 is 15.3. The van der Waals surface area contributed by atoms with Gasteiger partial charge in [0, 0.05) is 18.2 Å². The van der Waals surface area contributed by atoms with E-state index < -0.39 is 11.8 Å². The van der Waals surface area contributed by atoms with Gasteiger partial charge in [-0.1, -0.05) is 5.16 Å². The first-order valence-electron chi connectivity index (χ1n) is 7.69. The molecule has 0 aliphatic heterocycles. The van der Waals surface area contributed by atoms with Crippen molar-refractivity contribution < 1.29 is 23.6 Å². The zero-order valence-corrected chi connectivity index (χ0v) is 14.6. The van der Waals surface area contributed by atoms with Crippen molar-refractivity contribution in [1.82, 2.24) is 10.5 Å². The monoisotopic (exact) mass is 347 g/mol. The average molecular weight is 347 g/mol. The number of hydrogen-bond acceptors (Lipinski definition) is 6. The van der Waals surface area contributed by atoms with Crippen molar-refractivity contribution in [1.29, 1.82) is 0 Å². The van der Waals surface area contributed by atoms with E-state index in [0.717, 1.165) is 11.3 Å². The molecule has 8 heteroatoms. The Balaban J connectivity index is 1.91. The molecule has 0 fully saturated rings. The highest BCUT2D eigenvalue weighted by Crippen LogP contribution is 2.28. The molecule has 1 aromatic carbocycles. The minimum absolute atomic E-state index is 0.300. The van der Waals surface area contributed by atoms with Crippen molar-refractivity contribution in [2.45, 2.75) is 20.3 Å². The van der Waals surface area contributed by atoms with Gasteiger partial charge in [0.05, 0.1) is 25.6 Å². The third-order valence-corrected chi connectivity index (χ3v) is 3.70. The lowest BCUT2D eigenvalue weighted by Crippen LogP contribution is -2.36. The zero-order valence-electron chi connectivity index (χ0n) is 14.6. The molecule has 0 atom stereocenters. The second kappa shape index (κ2) is 8.18. The fourth-order valence-electron chi connectivity index (χ4n) is 2.32. The summed E-state index contributed by atoms with van der Waals surface area (Å²) in [5.41, 5.74) is 2.09. The number of carbonyl (C=O) groups excluding carboxylic acids is 2. The van der Waals surface area contributed by atoms with E-state index in [1.165, 1.54) is 14.2 Å². The molecule has 0 saturated heterocycles. The minimum atomic E-state index is -0.776. The Labute approximate surface area is 145 Å². The number of rotatable bonds is 6. The van der Waals surface area contributed by atoms with Gasteiger partial charge >= 0.3 is 11.8 Å². The molecule has 2 N–H and O–H groups in total. The standard InChI is InChI=1S/C17H21N3O5/c1-10-13(11(2)25-20-10)7-8-18-16(21)17(22)19-14-6-5-12(23-3)9-15(14)24-4/h5-6,9H,7-8H2,1-4H3,(H,18,21)(H,19,22). The molecule has 134 valence electrons. The summed E-state index contributed by atoms with van der Waals surface area (Å²) in [5.74, 6) is 0.181. The molecule has 25 heavy (non-hydrogen) atoms. The van der Waals surface area contributed by atoms with Gasteiger partial charge in [-0.2, -0.15) is 0 Å². The number of nitrogens with one attached hydrogen (secondary N) is 2. The Morgan fingerprint density at radius 1 is 1.16 bits per heavy atom. The lowest BCUT2D eigenvalue weighted by molar-refractivity contribution is -0.136. The predicted molar refractivity (Wildman–Crippen MR) is 90.9 cm³/mol. The van der Waals surface area contributed by atoms with Crippen molar-refractivity contribution in [3.8, 4) is 11.5 Å². The molecule has 0 aliphatic rings. The number of anilines is 1. The minimum Gasteiger partial charge on any atom is -0.497 e. The Bertz CT molecular complexity index is 750. The summed E-state index contributed by atoms with van der Waals surface area (Å²) in [4.78, 5) is 24.0. The van der Waals surface area contributed by atoms with E-state index >= 15 is 0 Å². The molecular weight excluding hydrogens is 326 g/mol. The Morgan fingerprint density at radius 2 is 1.92 bits per heavy atom. The van der Waals surface area contributed by atoms with Crippen LogP contribution < -0.4 is 20.1 Å². The highest BCUT2D eigenvalue weighted by atomic mass is 16.5. The van der Waals surface area contributed by atoms with Crippen LogP contribution in [0.15, 0.2) is 22.7 Å². The summed E-state index contributed by atoms with van der Waals surface area (Å²) >= 11 is 0. The summed E-state index contributed by atoms with van der Waals surface area (Å²) in [6.07, 6.45) is 0.534. The van der Waals surface area contributed by atoms with Gasteiger partial charge in [0.2, 0.25) is 0 Å². The first-order chi connectivity index (χ1) is 12.0. The molecule has 0 spiro atoms. The van der Waals surface area contributed by atoms with Gasteiger partial charge in [-0.3, -0.25) is 9.59 Å². The molecule has 2 amide bonds. The fourth-order valence-corrected chi connectivity index (χ4v) is 2.32. The van der Waals surface area contributed by atoms with E-state index in [2.05, 4.69) is 15.8 Å². The number of carbonyl (C=O) groups is 2. The van der Waals surface area contributed by atoms with Crippen LogP contribution in [0.2, 0.25) is 0 Å². The normalized spacial score (nSPS) is 10.2. The van der Waals surface area contributed by atoms with Crippen LogP contribution in [0.25, 0.3) is 0 Å². The third-order valence-electron chi connectivity index (χ3n) is 3.70. The van der Waals surface area contributed by atoms with E-state index in [9.17, 15) is 9.59 Å². The van der Waals surface area contributed by atoms with Gasteiger partial charge in [-0.25, -0.2) is 0 Å². The number of methoxy groups -OCH3 is 2. The van der Waals surface area contributed by atoms with Crippen molar-refractivity contribution in [3.63, 3.8) is 0 Å². The number of hydrogen-bond donors (Lipinski definition) is 2. The molecule has 0 radical (unpaired) electrons. The summed E-state index contributed by atoms with van der Waals surface area (Å²) in [6, 6.07) is 4.88. The number of amides is 2. The topological polar surface area (TPSA) is 103 Å². The van der Waals surface area contributed by atoms with E-state index in [1.807, 2.05) is 6.92 Å². The molecule has 0 unspecified atom stereocenters. The van der Waals surface area contributed by atoms with Gasteiger partial charge in [0.1, 0.15) is 17.3 Å². The number of nitrogens with zero attached hydrogens (tertiary/aromatic N) is 1. The summed E-state index contributed by atoms with van der Waals surface area (Å²) in [6.45, 7) is 3.94. The van der Waals surface area contributed by atoms with Crippen LogP contribution in [0.4, 0.5) is 5.69 Å². The first-order valence-corrected chi connectivity index (χ1v) is 7.69. The van der Waals surface area contributed by atoms with E-state index in [0.29, 0.717) is 35.9 Å². The molecule has 0 saturated carbocycles. The van der Waals surface area contributed by atoms with Crippen LogP contribution in [0.5, 0.6) is 11.5 Å². The second-order valence-corrected chi connectivity index (χ2v) is 5.33. The smallest absolute Gasteiger partial charge is 0.313 e. The fraction of sp³-hybridized carbons (Fsp3) is 0.353. The third kappa shape index (κ3) is 4.50. The largest absolute Gasteiger partial charge is 0.497 e. The van der Waals surface area contributed by atoms with Crippen molar-refractivity contribution in [2.24, 2.45) is 0 Å². The Hall–Kier alpha value is -3.03. The quantitative estimate of drug-likeness (QED) is 0.770. The van der Waals surface area contributed by atoms with Gasteiger partial charge in [-0.15, -0.1) is 0 Å². The first kappa shape index (κ1) is 18.3. The van der Waals surface area contributed by atoms with Crippen molar-refractivity contribution in [3.05, 3.63) is 35.2 Å². The highest BCUT2D eigenvalue weighted by Gasteiger charge is 2.16. The summed E-state index contributed by atoms with van der Waals surface area (Å²) in [5, 5.41) is 8.93. The second-order valence-electron chi connectivity index (χ2n) is 5.33. The van der Waals surface area contributed by atoms with Gasteiger partial charge in [0.25, 0.3) is 0 Å². The molecule has 1 aromatic heterocycles. The van der Waals surface area contributed by atoms with Crippen LogP contribution in [-0.2, 0) is 16.0 Å². The van der Waals surface area contributed by atoms with Crippen molar-refractivity contribution in [2.75, 3.05) is 26.1 Å². The van der Waals surface area contributed by atoms with E-state index in [-0.39, 0.29) is 0 Å². The maximum absolute atomic E-state index is 12.0. The zero-order chi connectivity index (χ0) is 18.4. The number of benzene rings is 1. The van der Waals surface area contributed by atoms with Crippen LogP contribution in [0, 0.1) is 13.8 Å². The lowest BCUT2D eigenvalue weighted by atomic mass is 10.1. The Morgan fingerprint density at radius 3 is 2.52 bits per heavy atom. The molecule has 2 rings (SSSR count). The predicted octanol–water partition coefficient (Wildman–Crippen LogP) is 1.61. The maximum atomic E-state index is 12.0. The van der Waals surface area contributed by atoms with Crippen LogP contribution in [0.3, 0.4) is 0 Å². The van der Waals surface area contributed by atoms with Crippen molar-refractivity contribution >= 4 is 17.5 Å². The van der Waals surface area contributed by atoms with E-state index in [4.69, 9.17) is 14.0 Å². The van der Waals surface area contributed by atoms with Crippen LogP contribution in [-0.4, -0.2) is 37.7 Å². The maximum Gasteiger partial charge on any atom is 0.313 e. The molecule has 8 nitrogen and oxygen atoms in total. The van der Waals surface area contributed by atoms with E-state index in [1.54, 1.807) is 25.1 Å². The number of aryl methyl sites for hydroxylation is 2. The van der Waals surface area contributed by atoms with Gasteiger partial charge in [-0.05, 0) is 32.4 Å². The van der Waals surface area contributed by atoms with Crippen LogP contribution in [0.1, 0.15) is 17.0 Å². The molecule has 0 bridgehead atoms. The Kier molecular flexibility index (Phi) is 5.99.